The minimum Gasteiger partial charge on any atom is -0.493 e. The quantitative estimate of drug-likeness (QED) is 0.505. The van der Waals surface area contributed by atoms with Crippen molar-refractivity contribution in [3.05, 3.63) is 65.2 Å². The molecule has 3 aliphatic heterocycles. The standard InChI is InChI=1S/C26H25N3O5/c1-14-7-9-17(15(2)12-14)28-25(31)21-18-6-5-11-27-29(18)23(22(21)26(28)32)24(30)16-8-10-19(33-3)20(13-16)34-4/h5-13,18,21-23H,1-4H3/t18-,21-,22-,23+/m1/s1. The largest absolute Gasteiger partial charge is 0.493 e. The van der Waals surface area contributed by atoms with E-state index in [4.69, 9.17) is 9.47 Å². The van der Waals surface area contributed by atoms with Crippen LogP contribution in [0.2, 0.25) is 0 Å². The lowest BCUT2D eigenvalue weighted by Crippen LogP contribution is -2.46. The number of benzene rings is 2. The molecule has 2 aromatic carbocycles. The lowest BCUT2D eigenvalue weighted by Gasteiger charge is -2.30. The maximum absolute atomic E-state index is 13.8. The van der Waals surface area contributed by atoms with Crippen molar-refractivity contribution in [1.82, 2.24) is 5.01 Å². The van der Waals surface area contributed by atoms with Gasteiger partial charge in [-0.1, -0.05) is 23.8 Å². The van der Waals surface area contributed by atoms with Gasteiger partial charge in [-0.25, -0.2) is 4.90 Å². The van der Waals surface area contributed by atoms with Crippen molar-refractivity contribution >= 4 is 29.5 Å². The Labute approximate surface area is 197 Å². The van der Waals surface area contributed by atoms with Crippen molar-refractivity contribution in [2.45, 2.75) is 25.9 Å². The van der Waals surface area contributed by atoms with E-state index in [1.807, 2.05) is 32.1 Å². The molecule has 5 rings (SSSR count). The van der Waals surface area contributed by atoms with Crippen LogP contribution in [0.4, 0.5) is 5.69 Å². The first-order valence-corrected chi connectivity index (χ1v) is 11.1. The summed E-state index contributed by atoms with van der Waals surface area (Å²) in [6.45, 7) is 3.83. The molecule has 3 aliphatic rings. The molecular formula is C26H25N3O5. The number of aryl methyl sites for hydroxylation is 2. The number of hydrazone groups is 1. The number of hydrogen-bond acceptors (Lipinski definition) is 7. The third-order valence-electron chi connectivity index (χ3n) is 6.82. The zero-order chi connectivity index (χ0) is 24.1. The monoisotopic (exact) mass is 459 g/mol. The Hall–Kier alpha value is -3.94. The number of Topliss-reactive ketones (excluding diaryl/α,β-unsaturated/α-hetero) is 1. The van der Waals surface area contributed by atoms with Crippen LogP contribution in [0.1, 0.15) is 21.5 Å². The van der Waals surface area contributed by atoms with Crippen molar-refractivity contribution in [2.75, 3.05) is 19.1 Å². The van der Waals surface area contributed by atoms with E-state index in [0.29, 0.717) is 22.7 Å². The van der Waals surface area contributed by atoms with Crippen molar-refractivity contribution in [3.63, 3.8) is 0 Å². The zero-order valence-electron chi connectivity index (χ0n) is 19.4. The summed E-state index contributed by atoms with van der Waals surface area (Å²) in [5, 5.41) is 6.00. The number of allylic oxidation sites excluding steroid dienone is 1. The van der Waals surface area contributed by atoms with E-state index < -0.39 is 23.9 Å². The minimum absolute atomic E-state index is 0.297. The lowest BCUT2D eigenvalue weighted by atomic mass is 9.86. The fourth-order valence-corrected chi connectivity index (χ4v) is 5.29. The summed E-state index contributed by atoms with van der Waals surface area (Å²) in [4.78, 5) is 42.4. The van der Waals surface area contributed by atoms with E-state index in [1.54, 1.807) is 41.6 Å². The molecule has 0 unspecified atom stereocenters. The minimum atomic E-state index is -0.915. The highest BCUT2D eigenvalue weighted by Gasteiger charge is 2.64. The number of nitrogens with zero attached hydrogens (tertiary/aromatic N) is 3. The Morgan fingerprint density at radius 2 is 1.68 bits per heavy atom. The van der Waals surface area contributed by atoms with E-state index >= 15 is 0 Å². The van der Waals surface area contributed by atoms with Crippen LogP contribution in [-0.4, -0.2) is 55.1 Å². The Kier molecular flexibility index (Phi) is 5.23. The van der Waals surface area contributed by atoms with Gasteiger partial charge in [0.2, 0.25) is 11.8 Å². The average molecular weight is 460 g/mol. The molecule has 0 spiro atoms. The van der Waals surface area contributed by atoms with Crippen molar-refractivity contribution < 1.29 is 23.9 Å². The Morgan fingerprint density at radius 1 is 0.941 bits per heavy atom. The number of ether oxygens (including phenoxy) is 2. The molecule has 0 N–H and O–H groups in total. The van der Waals surface area contributed by atoms with Crippen LogP contribution >= 0.6 is 0 Å². The summed E-state index contributed by atoms with van der Waals surface area (Å²) >= 11 is 0. The first kappa shape index (κ1) is 21.9. The number of imide groups is 1. The van der Waals surface area contributed by atoms with Gasteiger partial charge in [-0.3, -0.25) is 19.4 Å². The molecule has 0 radical (unpaired) electrons. The molecular weight excluding hydrogens is 434 g/mol. The molecule has 174 valence electrons. The molecule has 0 aliphatic carbocycles. The van der Waals surface area contributed by atoms with E-state index in [2.05, 4.69) is 5.10 Å². The molecule has 8 nitrogen and oxygen atoms in total. The van der Waals surface area contributed by atoms with Crippen LogP contribution in [0.5, 0.6) is 11.5 Å². The molecule has 2 amide bonds. The molecule has 3 heterocycles. The maximum Gasteiger partial charge on any atom is 0.240 e. The smallest absolute Gasteiger partial charge is 0.240 e. The molecule has 8 heteroatoms. The molecule has 0 aromatic heterocycles. The van der Waals surface area contributed by atoms with E-state index in [1.165, 1.54) is 19.1 Å². The molecule has 34 heavy (non-hydrogen) atoms. The normalized spacial score (nSPS) is 24.9. The fourth-order valence-electron chi connectivity index (χ4n) is 5.29. The summed E-state index contributed by atoms with van der Waals surface area (Å²) in [5.74, 6) is -1.62. The molecule has 0 saturated carbocycles. The fraction of sp³-hybridized carbons (Fsp3) is 0.308. The highest BCUT2D eigenvalue weighted by atomic mass is 16.5. The molecule has 2 fully saturated rings. The molecule has 2 saturated heterocycles. The zero-order valence-corrected chi connectivity index (χ0v) is 19.4. The Balaban J connectivity index is 1.58. The van der Waals surface area contributed by atoms with E-state index in [9.17, 15) is 14.4 Å². The summed E-state index contributed by atoms with van der Waals surface area (Å²) < 4.78 is 10.6. The summed E-state index contributed by atoms with van der Waals surface area (Å²) in [5.41, 5.74) is 2.79. The Morgan fingerprint density at radius 3 is 2.38 bits per heavy atom. The van der Waals surface area contributed by atoms with Gasteiger partial charge in [-0.05, 0) is 49.8 Å². The number of amides is 2. The van der Waals surface area contributed by atoms with Crippen molar-refractivity contribution in [1.29, 1.82) is 0 Å². The van der Waals surface area contributed by atoms with Crippen LogP contribution in [0.15, 0.2) is 53.7 Å². The van der Waals surface area contributed by atoms with Gasteiger partial charge in [0.1, 0.15) is 6.04 Å². The van der Waals surface area contributed by atoms with Crippen LogP contribution < -0.4 is 14.4 Å². The highest BCUT2D eigenvalue weighted by Crippen LogP contribution is 2.47. The SMILES string of the molecule is COc1ccc(C(=O)[C@@H]2[C@@H]3C(=O)N(c4ccc(C)cc4C)C(=O)[C@@H]3[C@H]3C=CC=NN32)cc1OC. The number of ketones is 1. The predicted molar refractivity (Wildman–Crippen MR) is 126 cm³/mol. The van der Waals surface area contributed by atoms with Gasteiger partial charge in [-0.2, -0.15) is 5.10 Å². The summed E-state index contributed by atoms with van der Waals surface area (Å²) in [6.07, 6.45) is 5.16. The summed E-state index contributed by atoms with van der Waals surface area (Å²) in [6, 6.07) is 9.10. The van der Waals surface area contributed by atoms with Gasteiger partial charge in [0, 0.05) is 11.8 Å². The molecule has 4 atom stereocenters. The summed E-state index contributed by atoms with van der Waals surface area (Å²) in [7, 11) is 3.01. The second kappa shape index (κ2) is 8.13. The van der Waals surface area contributed by atoms with E-state index in [-0.39, 0.29) is 17.6 Å². The number of anilines is 1. The Bertz CT molecular complexity index is 1270. The van der Waals surface area contributed by atoms with Crippen molar-refractivity contribution in [2.24, 2.45) is 16.9 Å². The average Bonchev–Trinajstić information content (AvgIpc) is 3.31. The van der Waals surface area contributed by atoms with Gasteiger partial charge >= 0.3 is 0 Å². The van der Waals surface area contributed by atoms with Gasteiger partial charge in [0.25, 0.3) is 0 Å². The van der Waals surface area contributed by atoms with Crippen LogP contribution in [-0.2, 0) is 9.59 Å². The van der Waals surface area contributed by atoms with E-state index in [0.717, 1.165) is 11.1 Å². The number of fused-ring (bicyclic) bond motifs is 3. The molecule has 0 bridgehead atoms. The second-order valence-corrected chi connectivity index (χ2v) is 8.75. The van der Waals surface area contributed by atoms with Gasteiger partial charge in [0.05, 0.1) is 37.8 Å². The first-order chi connectivity index (χ1) is 16.4. The van der Waals surface area contributed by atoms with Crippen molar-refractivity contribution in [3.8, 4) is 11.5 Å². The topological polar surface area (TPSA) is 88.5 Å². The number of methoxy groups -OCH3 is 2. The highest BCUT2D eigenvalue weighted by molar-refractivity contribution is 6.25. The van der Waals surface area contributed by atoms with Gasteiger partial charge in [0.15, 0.2) is 17.3 Å². The van der Waals surface area contributed by atoms with Crippen LogP contribution in [0.25, 0.3) is 0 Å². The third-order valence-corrected chi connectivity index (χ3v) is 6.82. The van der Waals surface area contributed by atoms with Gasteiger partial charge < -0.3 is 9.47 Å². The number of rotatable bonds is 5. The number of carbonyl (C=O) groups excluding carboxylic acids is 3. The van der Waals surface area contributed by atoms with Crippen LogP contribution in [0, 0.1) is 25.7 Å². The maximum atomic E-state index is 13.8. The lowest BCUT2D eigenvalue weighted by molar-refractivity contribution is -0.123. The molecule has 2 aromatic rings. The number of carbonyl (C=O) groups is 3. The second-order valence-electron chi connectivity index (χ2n) is 8.75. The number of hydrogen-bond donors (Lipinski definition) is 0. The third kappa shape index (κ3) is 3.13. The first-order valence-electron chi connectivity index (χ1n) is 11.1. The van der Waals surface area contributed by atoms with Gasteiger partial charge in [-0.15, -0.1) is 0 Å². The van der Waals surface area contributed by atoms with Crippen LogP contribution in [0.3, 0.4) is 0 Å². The predicted octanol–water partition coefficient (Wildman–Crippen LogP) is 2.92.